The van der Waals surface area contributed by atoms with Crippen LogP contribution in [0.15, 0.2) is 30.3 Å². The number of benzene rings is 1. The molecule has 1 unspecified atom stereocenters. The van der Waals surface area contributed by atoms with Crippen LogP contribution in [0, 0.1) is 0 Å². The molecular weight excluding hydrogens is 414 g/mol. The summed E-state index contributed by atoms with van der Waals surface area (Å²) in [7, 11) is 1.73. The van der Waals surface area contributed by atoms with Crippen molar-refractivity contribution in [1.29, 1.82) is 0 Å². The summed E-state index contributed by atoms with van der Waals surface area (Å²) in [5.41, 5.74) is 1.48. The number of nitrogens with one attached hydrogen (secondary N) is 1. The van der Waals surface area contributed by atoms with E-state index in [1.54, 1.807) is 11.9 Å². The molecule has 1 N–H and O–H groups in total. The van der Waals surface area contributed by atoms with E-state index in [0.29, 0.717) is 24.1 Å². The summed E-state index contributed by atoms with van der Waals surface area (Å²) in [5.74, 6) is 1.19. The molecule has 33 heavy (non-hydrogen) atoms. The van der Waals surface area contributed by atoms with Gasteiger partial charge in [-0.05, 0) is 51.1 Å². The highest BCUT2D eigenvalue weighted by Gasteiger charge is 2.29. The van der Waals surface area contributed by atoms with Crippen LogP contribution in [0.4, 0.5) is 5.82 Å². The van der Waals surface area contributed by atoms with E-state index in [9.17, 15) is 9.59 Å². The molecule has 0 spiro atoms. The standard InChI is InChI=1S/C26H37N5O2/c1-20-11-6-8-16-30(20)17-10-15-27-26(33)24-25(28-22-14-7-9-18-31(22)24)29(2)23(32)19-21-12-4-3-5-13-21/h3-5,12-13,20H,6-11,14-19H2,1-2H3,(H,27,33). The van der Waals surface area contributed by atoms with Crippen LogP contribution >= 0.6 is 0 Å². The van der Waals surface area contributed by atoms with Crippen LogP contribution in [-0.2, 0) is 24.2 Å². The van der Waals surface area contributed by atoms with Crippen molar-refractivity contribution in [3.63, 3.8) is 0 Å². The predicted molar refractivity (Wildman–Crippen MR) is 131 cm³/mol. The Bertz CT molecular complexity index is 955. The van der Waals surface area contributed by atoms with Crippen LogP contribution in [0.2, 0.25) is 0 Å². The lowest BCUT2D eigenvalue weighted by atomic mass is 10.0. The molecule has 7 nitrogen and oxygen atoms in total. The Morgan fingerprint density at radius 3 is 2.70 bits per heavy atom. The van der Waals surface area contributed by atoms with Crippen LogP contribution in [-0.4, -0.2) is 59.0 Å². The highest BCUT2D eigenvalue weighted by molar-refractivity contribution is 6.03. The average Bonchev–Trinajstić information content (AvgIpc) is 3.22. The summed E-state index contributed by atoms with van der Waals surface area (Å²) in [5, 5.41) is 3.11. The zero-order chi connectivity index (χ0) is 23.2. The van der Waals surface area contributed by atoms with Crippen LogP contribution in [0.5, 0.6) is 0 Å². The number of fused-ring (bicyclic) bond motifs is 1. The van der Waals surface area contributed by atoms with Gasteiger partial charge in [0.2, 0.25) is 5.91 Å². The number of amides is 2. The number of likely N-dealkylation sites (N-methyl/N-ethyl adjacent to an activating group) is 1. The van der Waals surface area contributed by atoms with Gasteiger partial charge in [0, 0.05) is 39.1 Å². The topological polar surface area (TPSA) is 70.5 Å². The highest BCUT2D eigenvalue weighted by atomic mass is 16.2. The maximum Gasteiger partial charge on any atom is 0.271 e. The molecule has 7 heteroatoms. The third-order valence-corrected chi connectivity index (χ3v) is 7.01. The molecule has 178 valence electrons. The molecule has 0 aliphatic carbocycles. The van der Waals surface area contributed by atoms with Crippen molar-refractivity contribution >= 4 is 17.6 Å². The van der Waals surface area contributed by atoms with Gasteiger partial charge in [0.05, 0.1) is 6.42 Å². The molecule has 2 aromatic rings. The number of anilines is 1. The van der Waals surface area contributed by atoms with E-state index in [1.807, 2.05) is 34.9 Å². The van der Waals surface area contributed by atoms with Crippen molar-refractivity contribution in [3.8, 4) is 0 Å². The quantitative estimate of drug-likeness (QED) is 0.625. The number of imidazole rings is 1. The normalized spacial score (nSPS) is 18.5. The second-order valence-corrected chi connectivity index (χ2v) is 9.41. The average molecular weight is 452 g/mol. The van der Waals surface area contributed by atoms with Crippen molar-refractivity contribution in [2.45, 2.75) is 70.9 Å². The van der Waals surface area contributed by atoms with Gasteiger partial charge in [-0.1, -0.05) is 36.8 Å². The highest BCUT2D eigenvalue weighted by Crippen LogP contribution is 2.26. The Balaban J connectivity index is 1.43. The lowest BCUT2D eigenvalue weighted by Gasteiger charge is -2.33. The zero-order valence-corrected chi connectivity index (χ0v) is 20.1. The fourth-order valence-corrected chi connectivity index (χ4v) is 4.99. The molecule has 1 aromatic heterocycles. The molecule has 2 aliphatic heterocycles. The van der Waals surface area contributed by atoms with Gasteiger partial charge in [-0.15, -0.1) is 0 Å². The molecule has 4 rings (SSSR count). The maximum absolute atomic E-state index is 13.3. The van der Waals surface area contributed by atoms with E-state index in [0.717, 1.165) is 56.7 Å². The summed E-state index contributed by atoms with van der Waals surface area (Å²) in [4.78, 5) is 35.1. The van der Waals surface area contributed by atoms with Gasteiger partial charge >= 0.3 is 0 Å². The van der Waals surface area contributed by atoms with Gasteiger partial charge in [0.25, 0.3) is 5.91 Å². The van der Waals surface area contributed by atoms with Gasteiger partial charge in [-0.3, -0.25) is 14.5 Å². The fourth-order valence-electron chi connectivity index (χ4n) is 4.99. The first-order chi connectivity index (χ1) is 16.0. The summed E-state index contributed by atoms with van der Waals surface area (Å²) < 4.78 is 2.02. The number of aromatic nitrogens is 2. The van der Waals surface area contributed by atoms with Crippen molar-refractivity contribution < 1.29 is 9.59 Å². The number of hydrogen-bond donors (Lipinski definition) is 1. The minimum atomic E-state index is -0.128. The van der Waals surface area contributed by atoms with E-state index in [-0.39, 0.29) is 18.2 Å². The number of piperidine rings is 1. The van der Waals surface area contributed by atoms with E-state index in [1.165, 1.54) is 19.3 Å². The molecule has 3 heterocycles. The Kier molecular flexibility index (Phi) is 7.81. The molecular formula is C26H37N5O2. The molecule has 0 saturated carbocycles. The summed E-state index contributed by atoms with van der Waals surface area (Å²) in [6.07, 6.45) is 7.99. The molecule has 0 radical (unpaired) electrons. The number of nitrogens with zero attached hydrogens (tertiary/aromatic N) is 4. The van der Waals surface area contributed by atoms with Crippen molar-refractivity contribution in [1.82, 2.24) is 19.8 Å². The predicted octanol–water partition coefficient (Wildman–Crippen LogP) is 3.42. The molecule has 0 bridgehead atoms. The monoisotopic (exact) mass is 451 g/mol. The van der Waals surface area contributed by atoms with Crippen molar-refractivity contribution in [2.75, 3.05) is 31.6 Å². The largest absolute Gasteiger partial charge is 0.351 e. The minimum absolute atomic E-state index is 0.0650. The second-order valence-electron chi connectivity index (χ2n) is 9.41. The summed E-state index contributed by atoms with van der Waals surface area (Å²) >= 11 is 0. The smallest absolute Gasteiger partial charge is 0.271 e. The van der Waals surface area contributed by atoms with E-state index in [2.05, 4.69) is 17.1 Å². The first-order valence-corrected chi connectivity index (χ1v) is 12.5. The molecule has 1 saturated heterocycles. The fraction of sp³-hybridized carbons (Fsp3) is 0.577. The van der Waals surface area contributed by atoms with Gasteiger partial charge < -0.3 is 14.8 Å². The summed E-state index contributed by atoms with van der Waals surface area (Å²) in [6.45, 7) is 5.86. The third-order valence-electron chi connectivity index (χ3n) is 7.01. The molecule has 1 aromatic carbocycles. The molecule has 1 atom stereocenters. The zero-order valence-electron chi connectivity index (χ0n) is 20.1. The van der Waals surface area contributed by atoms with E-state index in [4.69, 9.17) is 4.98 Å². The summed E-state index contributed by atoms with van der Waals surface area (Å²) in [6, 6.07) is 10.3. The van der Waals surface area contributed by atoms with Crippen LogP contribution in [0.1, 0.15) is 67.3 Å². The second kappa shape index (κ2) is 11.0. The minimum Gasteiger partial charge on any atom is -0.351 e. The van der Waals surface area contributed by atoms with Crippen LogP contribution in [0.25, 0.3) is 0 Å². The van der Waals surface area contributed by atoms with Gasteiger partial charge in [-0.25, -0.2) is 4.98 Å². The molecule has 1 fully saturated rings. The van der Waals surface area contributed by atoms with Crippen molar-refractivity contribution in [3.05, 3.63) is 47.4 Å². The maximum atomic E-state index is 13.3. The number of aryl methyl sites for hydroxylation is 1. The number of carbonyl (C=O) groups excluding carboxylic acids is 2. The molecule has 2 aliphatic rings. The van der Waals surface area contributed by atoms with Crippen LogP contribution < -0.4 is 10.2 Å². The van der Waals surface area contributed by atoms with E-state index < -0.39 is 0 Å². The Hall–Kier alpha value is -2.67. The third kappa shape index (κ3) is 5.64. The first kappa shape index (κ1) is 23.5. The van der Waals surface area contributed by atoms with Gasteiger partial charge in [0.15, 0.2) is 11.5 Å². The number of carbonyl (C=O) groups is 2. The lowest BCUT2D eigenvalue weighted by molar-refractivity contribution is -0.117. The number of hydrogen-bond acceptors (Lipinski definition) is 4. The Morgan fingerprint density at radius 1 is 1.12 bits per heavy atom. The Labute approximate surface area is 197 Å². The number of likely N-dealkylation sites (tertiary alicyclic amines) is 1. The van der Waals surface area contributed by atoms with Crippen LogP contribution in [0.3, 0.4) is 0 Å². The van der Waals surface area contributed by atoms with E-state index >= 15 is 0 Å². The Morgan fingerprint density at radius 2 is 1.91 bits per heavy atom. The molecule has 2 amide bonds. The van der Waals surface area contributed by atoms with Gasteiger partial charge in [-0.2, -0.15) is 0 Å². The lowest BCUT2D eigenvalue weighted by Crippen LogP contribution is -2.39. The SMILES string of the molecule is CC1CCCCN1CCCNC(=O)c1c(N(C)C(=O)Cc2ccccc2)nc2n1CCCC2. The first-order valence-electron chi connectivity index (χ1n) is 12.5. The van der Waals surface area contributed by atoms with Crippen molar-refractivity contribution in [2.24, 2.45) is 0 Å². The van der Waals surface area contributed by atoms with Gasteiger partial charge in [0.1, 0.15) is 5.82 Å². The number of rotatable bonds is 8.